The molecular weight excluding hydrogens is 302 g/mol. The number of rotatable bonds is 3. The molecule has 1 aromatic rings. The maximum atomic E-state index is 6.08. The van der Waals surface area contributed by atoms with Gasteiger partial charge in [-0.3, -0.25) is 0 Å². The van der Waals surface area contributed by atoms with Crippen LogP contribution in [0.2, 0.25) is 5.02 Å². The molecule has 17 heavy (non-hydrogen) atoms. The molecule has 0 bridgehead atoms. The molecule has 0 aliphatic carbocycles. The second-order valence-corrected chi connectivity index (χ2v) is 5.70. The zero-order valence-corrected chi connectivity index (χ0v) is 12.2. The Morgan fingerprint density at radius 2 is 2.35 bits per heavy atom. The summed E-state index contributed by atoms with van der Waals surface area (Å²) in [5.74, 6) is 0.517. The molecule has 0 aromatic heterocycles. The van der Waals surface area contributed by atoms with Crippen molar-refractivity contribution < 1.29 is 4.74 Å². The van der Waals surface area contributed by atoms with Gasteiger partial charge in [0.1, 0.15) is 0 Å². The minimum absolute atomic E-state index is 0.295. The van der Waals surface area contributed by atoms with Crippen molar-refractivity contribution in [2.24, 2.45) is 5.92 Å². The van der Waals surface area contributed by atoms with Crippen LogP contribution in [-0.2, 0) is 4.74 Å². The van der Waals surface area contributed by atoms with Crippen LogP contribution in [0.3, 0.4) is 0 Å². The van der Waals surface area contributed by atoms with Crippen molar-refractivity contribution in [3.63, 3.8) is 0 Å². The monoisotopic (exact) mass is 317 g/mol. The molecule has 0 spiro atoms. The van der Waals surface area contributed by atoms with E-state index in [1.807, 2.05) is 25.2 Å². The molecule has 2 nitrogen and oxygen atoms in total. The van der Waals surface area contributed by atoms with Crippen molar-refractivity contribution in [1.29, 1.82) is 0 Å². The first-order valence-electron chi connectivity index (χ1n) is 5.92. The van der Waals surface area contributed by atoms with Crippen LogP contribution < -0.4 is 5.32 Å². The Labute approximate surface area is 116 Å². The van der Waals surface area contributed by atoms with Crippen molar-refractivity contribution >= 4 is 27.5 Å². The van der Waals surface area contributed by atoms with E-state index in [4.69, 9.17) is 16.3 Å². The molecule has 1 aliphatic rings. The minimum Gasteiger partial charge on any atom is -0.381 e. The Kier molecular flexibility index (Phi) is 4.86. The van der Waals surface area contributed by atoms with Gasteiger partial charge in [-0.1, -0.05) is 27.5 Å². The summed E-state index contributed by atoms with van der Waals surface area (Å²) in [5.41, 5.74) is 1.22. The highest BCUT2D eigenvalue weighted by molar-refractivity contribution is 9.10. The third kappa shape index (κ3) is 3.22. The van der Waals surface area contributed by atoms with E-state index in [0.717, 1.165) is 29.1 Å². The van der Waals surface area contributed by atoms with E-state index in [1.165, 1.54) is 12.0 Å². The quantitative estimate of drug-likeness (QED) is 0.915. The number of halogens is 2. The van der Waals surface area contributed by atoms with Crippen LogP contribution in [0.25, 0.3) is 0 Å². The average Bonchev–Trinajstić information content (AvgIpc) is 2.36. The zero-order valence-electron chi connectivity index (χ0n) is 9.88. The summed E-state index contributed by atoms with van der Waals surface area (Å²) >= 11 is 9.68. The molecule has 0 amide bonds. The van der Waals surface area contributed by atoms with Crippen molar-refractivity contribution in [1.82, 2.24) is 5.32 Å². The molecule has 0 saturated carbocycles. The fourth-order valence-corrected chi connectivity index (χ4v) is 3.10. The van der Waals surface area contributed by atoms with Crippen molar-refractivity contribution in [3.8, 4) is 0 Å². The molecule has 1 aromatic carbocycles. The Balaban J connectivity index is 2.24. The molecule has 2 rings (SSSR count). The van der Waals surface area contributed by atoms with Gasteiger partial charge in [-0.15, -0.1) is 0 Å². The van der Waals surface area contributed by atoms with Crippen molar-refractivity contribution in [3.05, 3.63) is 33.3 Å². The molecule has 1 aliphatic heterocycles. The second kappa shape index (κ2) is 6.19. The van der Waals surface area contributed by atoms with Gasteiger partial charge in [0.05, 0.1) is 6.61 Å². The van der Waals surface area contributed by atoms with Gasteiger partial charge in [0.2, 0.25) is 0 Å². The van der Waals surface area contributed by atoms with Gasteiger partial charge in [-0.2, -0.15) is 0 Å². The molecule has 0 radical (unpaired) electrons. The van der Waals surface area contributed by atoms with E-state index < -0.39 is 0 Å². The third-order valence-electron chi connectivity index (χ3n) is 3.27. The van der Waals surface area contributed by atoms with E-state index in [1.54, 1.807) is 0 Å². The summed E-state index contributed by atoms with van der Waals surface area (Å²) in [6.45, 7) is 1.72. The number of hydrogen-bond donors (Lipinski definition) is 1. The van der Waals surface area contributed by atoms with Crippen LogP contribution in [0.15, 0.2) is 22.7 Å². The molecule has 4 heteroatoms. The van der Waals surface area contributed by atoms with Crippen LogP contribution in [0.1, 0.15) is 24.4 Å². The molecule has 2 atom stereocenters. The van der Waals surface area contributed by atoms with Crippen LogP contribution in [0.5, 0.6) is 0 Å². The average molecular weight is 319 g/mol. The van der Waals surface area contributed by atoms with Crippen LogP contribution in [-0.4, -0.2) is 20.3 Å². The number of hydrogen-bond acceptors (Lipinski definition) is 2. The van der Waals surface area contributed by atoms with Gasteiger partial charge in [0, 0.05) is 28.1 Å². The Morgan fingerprint density at radius 3 is 3.00 bits per heavy atom. The van der Waals surface area contributed by atoms with Gasteiger partial charge in [0.15, 0.2) is 0 Å². The highest BCUT2D eigenvalue weighted by Gasteiger charge is 2.25. The normalized spacial score (nSPS) is 22.4. The maximum absolute atomic E-state index is 6.08. The highest BCUT2D eigenvalue weighted by Crippen LogP contribution is 2.34. The summed E-state index contributed by atoms with van der Waals surface area (Å²) in [6.07, 6.45) is 2.34. The SMILES string of the molecule is CNC(c1cc(Cl)ccc1Br)C1CCCOC1. The molecule has 2 unspecified atom stereocenters. The fourth-order valence-electron chi connectivity index (χ4n) is 2.43. The molecule has 1 fully saturated rings. The first kappa shape index (κ1) is 13.3. The molecule has 1 saturated heterocycles. The summed E-state index contributed by atoms with van der Waals surface area (Å²) in [6, 6.07) is 6.23. The van der Waals surface area contributed by atoms with Crippen molar-refractivity contribution in [2.75, 3.05) is 20.3 Å². The summed E-state index contributed by atoms with van der Waals surface area (Å²) in [7, 11) is 1.99. The summed E-state index contributed by atoms with van der Waals surface area (Å²) in [5, 5.41) is 4.17. The van der Waals surface area contributed by atoms with Crippen molar-refractivity contribution in [2.45, 2.75) is 18.9 Å². The number of nitrogens with one attached hydrogen (secondary N) is 1. The van der Waals surface area contributed by atoms with E-state index in [0.29, 0.717) is 12.0 Å². The number of benzene rings is 1. The molecule has 1 N–H and O–H groups in total. The summed E-state index contributed by atoms with van der Waals surface area (Å²) < 4.78 is 6.67. The lowest BCUT2D eigenvalue weighted by Crippen LogP contribution is -2.31. The van der Waals surface area contributed by atoms with Crippen LogP contribution in [0.4, 0.5) is 0 Å². The largest absolute Gasteiger partial charge is 0.381 e. The first-order chi connectivity index (χ1) is 8.22. The lowest BCUT2D eigenvalue weighted by Gasteiger charge is -2.31. The molecule has 1 heterocycles. The van der Waals surface area contributed by atoms with E-state index in [-0.39, 0.29) is 0 Å². The standard InChI is InChI=1S/C13H17BrClNO/c1-16-13(9-3-2-6-17-8-9)11-7-10(15)4-5-12(11)14/h4-5,7,9,13,16H,2-3,6,8H2,1H3. The van der Waals surface area contributed by atoms with E-state index in [2.05, 4.69) is 21.2 Å². The van der Waals surface area contributed by atoms with Crippen LogP contribution in [0, 0.1) is 5.92 Å². The molecule has 94 valence electrons. The van der Waals surface area contributed by atoms with E-state index in [9.17, 15) is 0 Å². The number of ether oxygens (including phenoxy) is 1. The van der Waals surface area contributed by atoms with Gasteiger partial charge in [0.25, 0.3) is 0 Å². The summed E-state index contributed by atoms with van der Waals surface area (Å²) in [4.78, 5) is 0. The van der Waals surface area contributed by atoms with Gasteiger partial charge in [-0.25, -0.2) is 0 Å². The Morgan fingerprint density at radius 1 is 1.53 bits per heavy atom. The topological polar surface area (TPSA) is 21.3 Å². The Bertz CT molecular complexity index is 380. The third-order valence-corrected chi connectivity index (χ3v) is 4.23. The van der Waals surface area contributed by atoms with E-state index >= 15 is 0 Å². The predicted octanol–water partition coefficient (Wildman–Crippen LogP) is 3.79. The highest BCUT2D eigenvalue weighted by atomic mass is 79.9. The maximum Gasteiger partial charge on any atom is 0.0512 e. The Hall–Kier alpha value is -0.0900. The smallest absolute Gasteiger partial charge is 0.0512 e. The molecular formula is C13H17BrClNO. The lowest BCUT2D eigenvalue weighted by atomic mass is 9.89. The van der Waals surface area contributed by atoms with Gasteiger partial charge in [-0.05, 0) is 43.7 Å². The predicted molar refractivity (Wildman–Crippen MR) is 74.5 cm³/mol. The van der Waals surface area contributed by atoms with Gasteiger partial charge < -0.3 is 10.1 Å². The fraction of sp³-hybridized carbons (Fsp3) is 0.538. The minimum atomic E-state index is 0.295. The van der Waals surface area contributed by atoms with Crippen LogP contribution >= 0.6 is 27.5 Å². The lowest BCUT2D eigenvalue weighted by molar-refractivity contribution is 0.0401. The first-order valence-corrected chi connectivity index (χ1v) is 7.09. The van der Waals surface area contributed by atoms with Gasteiger partial charge >= 0.3 is 0 Å². The zero-order chi connectivity index (χ0) is 12.3. The second-order valence-electron chi connectivity index (χ2n) is 4.41.